The molecule has 152 valence electrons. The predicted octanol–water partition coefficient (Wildman–Crippen LogP) is 4.24. The van der Waals surface area contributed by atoms with Gasteiger partial charge in [0.05, 0.1) is 18.8 Å². The summed E-state index contributed by atoms with van der Waals surface area (Å²) in [7, 11) is 0. The van der Waals surface area contributed by atoms with Gasteiger partial charge in [-0.25, -0.2) is 0 Å². The molecule has 1 aliphatic heterocycles. The van der Waals surface area contributed by atoms with Gasteiger partial charge in [-0.3, -0.25) is 9.80 Å². The van der Waals surface area contributed by atoms with Gasteiger partial charge in [0, 0.05) is 26.2 Å². The Hall–Kier alpha value is -3.22. The fourth-order valence-electron chi connectivity index (χ4n) is 4.08. The topological polar surface area (TPSA) is 58.5 Å². The van der Waals surface area contributed by atoms with E-state index in [9.17, 15) is 0 Å². The lowest BCUT2D eigenvalue weighted by atomic mass is 9.96. The average Bonchev–Trinajstić information content (AvgIpc) is 3.49. The van der Waals surface area contributed by atoms with Crippen LogP contribution in [0.2, 0.25) is 0 Å². The first-order valence-electron chi connectivity index (χ1n) is 10.3. The summed E-state index contributed by atoms with van der Waals surface area (Å²) in [4.78, 5) is 9.39. The van der Waals surface area contributed by atoms with Crippen molar-refractivity contribution in [3.63, 3.8) is 0 Å². The van der Waals surface area contributed by atoms with Gasteiger partial charge in [-0.2, -0.15) is 4.98 Å². The molecule has 0 N–H and O–H groups in total. The monoisotopic (exact) mass is 400 g/mol. The van der Waals surface area contributed by atoms with Gasteiger partial charge in [0.2, 0.25) is 11.7 Å². The number of hydrogen-bond acceptors (Lipinski definition) is 6. The van der Waals surface area contributed by atoms with Crippen LogP contribution in [0.4, 0.5) is 0 Å². The summed E-state index contributed by atoms with van der Waals surface area (Å²) in [5.41, 5.74) is 2.66. The molecule has 1 saturated heterocycles. The van der Waals surface area contributed by atoms with Crippen molar-refractivity contribution in [2.45, 2.75) is 12.6 Å². The third-order valence-corrected chi connectivity index (χ3v) is 5.57. The number of piperazine rings is 1. The molecule has 0 amide bonds. The van der Waals surface area contributed by atoms with Crippen LogP contribution in [0, 0.1) is 0 Å². The summed E-state index contributed by atoms with van der Waals surface area (Å²) in [6.07, 6.45) is 1.61. The normalized spacial score (nSPS) is 15.6. The minimum absolute atomic E-state index is 0.267. The zero-order chi connectivity index (χ0) is 20.2. The van der Waals surface area contributed by atoms with Crippen molar-refractivity contribution in [3.05, 3.63) is 96.1 Å². The second-order valence-electron chi connectivity index (χ2n) is 7.53. The highest BCUT2D eigenvalue weighted by atomic mass is 16.5. The Morgan fingerprint density at radius 1 is 0.800 bits per heavy atom. The Balaban J connectivity index is 1.26. The van der Waals surface area contributed by atoms with Crippen molar-refractivity contribution in [3.8, 4) is 11.6 Å². The zero-order valence-corrected chi connectivity index (χ0v) is 16.7. The fourth-order valence-corrected chi connectivity index (χ4v) is 4.08. The van der Waals surface area contributed by atoms with Crippen molar-refractivity contribution in [2.75, 3.05) is 26.2 Å². The Bertz CT molecular complexity index is 1000. The van der Waals surface area contributed by atoms with Crippen molar-refractivity contribution in [1.29, 1.82) is 0 Å². The van der Waals surface area contributed by atoms with E-state index in [-0.39, 0.29) is 6.04 Å². The lowest BCUT2D eigenvalue weighted by Crippen LogP contribution is -2.47. The van der Waals surface area contributed by atoms with Crippen LogP contribution in [-0.2, 0) is 6.54 Å². The van der Waals surface area contributed by atoms with Gasteiger partial charge < -0.3 is 8.94 Å². The summed E-state index contributed by atoms with van der Waals surface area (Å²) in [6.45, 7) is 4.52. The zero-order valence-electron chi connectivity index (χ0n) is 16.7. The Kier molecular flexibility index (Phi) is 5.42. The standard InChI is InChI=1S/C24H24N4O2/c1-3-8-19(9-4-1)23(20-10-5-2-6-11-20)28-15-13-27(14-16-28)18-22-25-24(26-30-22)21-12-7-17-29-21/h1-12,17,23H,13-16,18H2. The molecule has 6 nitrogen and oxygen atoms in total. The summed E-state index contributed by atoms with van der Waals surface area (Å²) < 4.78 is 10.8. The molecule has 2 aromatic heterocycles. The van der Waals surface area contributed by atoms with Gasteiger partial charge in [-0.1, -0.05) is 65.8 Å². The van der Waals surface area contributed by atoms with E-state index >= 15 is 0 Å². The molecule has 0 spiro atoms. The third kappa shape index (κ3) is 4.06. The van der Waals surface area contributed by atoms with Gasteiger partial charge in [0.1, 0.15) is 0 Å². The first kappa shape index (κ1) is 18.8. The minimum Gasteiger partial charge on any atom is -0.461 e. The largest absolute Gasteiger partial charge is 0.461 e. The first-order chi connectivity index (χ1) is 14.9. The van der Waals surface area contributed by atoms with Gasteiger partial charge >= 0.3 is 0 Å². The molecular formula is C24H24N4O2. The van der Waals surface area contributed by atoms with E-state index < -0.39 is 0 Å². The third-order valence-electron chi connectivity index (χ3n) is 5.57. The van der Waals surface area contributed by atoms with Crippen LogP contribution in [0.3, 0.4) is 0 Å². The number of benzene rings is 2. The number of furan rings is 1. The first-order valence-corrected chi connectivity index (χ1v) is 10.3. The van der Waals surface area contributed by atoms with Crippen LogP contribution in [0.15, 0.2) is 88.0 Å². The highest BCUT2D eigenvalue weighted by molar-refractivity contribution is 5.44. The van der Waals surface area contributed by atoms with Crippen LogP contribution in [0.5, 0.6) is 0 Å². The molecule has 1 fully saturated rings. The van der Waals surface area contributed by atoms with E-state index in [1.807, 2.05) is 12.1 Å². The molecule has 0 bridgehead atoms. The molecule has 3 heterocycles. The van der Waals surface area contributed by atoms with Crippen LogP contribution in [0.1, 0.15) is 23.1 Å². The number of hydrogen-bond donors (Lipinski definition) is 0. The summed E-state index contributed by atoms with van der Waals surface area (Å²) in [5, 5.41) is 4.03. The number of rotatable bonds is 6. The van der Waals surface area contributed by atoms with E-state index in [0.717, 1.165) is 26.2 Å². The Morgan fingerprint density at radius 2 is 1.47 bits per heavy atom. The second kappa shape index (κ2) is 8.65. The van der Waals surface area contributed by atoms with Crippen LogP contribution in [0.25, 0.3) is 11.6 Å². The molecular weight excluding hydrogens is 376 g/mol. The van der Waals surface area contributed by atoms with E-state index in [4.69, 9.17) is 8.94 Å². The van der Waals surface area contributed by atoms with E-state index in [1.165, 1.54) is 11.1 Å². The van der Waals surface area contributed by atoms with Crippen LogP contribution < -0.4 is 0 Å². The minimum atomic E-state index is 0.267. The molecule has 0 saturated carbocycles. The molecule has 30 heavy (non-hydrogen) atoms. The van der Waals surface area contributed by atoms with Crippen molar-refractivity contribution in [2.24, 2.45) is 0 Å². The van der Waals surface area contributed by atoms with Gasteiger partial charge in [0.25, 0.3) is 0 Å². The highest BCUT2D eigenvalue weighted by Gasteiger charge is 2.27. The SMILES string of the molecule is c1ccc(C(c2ccccc2)N2CCN(Cc3nc(-c4ccco4)no3)CC2)cc1. The second-order valence-corrected chi connectivity index (χ2v) is 7.53. The Morgan fingerprint density at radius 3 is 2.07 bits per heavy atom. The molecule has 5 rings (SSSR count). The smallest absolute Gasteiger partial charge is 0.241 e. The predicted molar refractivity (Wildman–Crippen MR) is 114 cm³/mol. The maximum atomic E-state index is 5.43. The molecule has 0 atom stereocenters. The molecule has 1 aliphatic rings. The van der Waals surface area contributed by atoms with E-state index in [0.29, 0.717) is 24.0 Å². The van der Waals surface area contributed by atoms with Crippen LogP contribution in [-0.4, -0.2) is 46.1 Å². The highest BCUT2D eigenvalue weighted by Crippen LogP contribution is 2.29. The van der Waals surface area contributed by atoms with Gasteiger partial charge in [-0.15, -0.1) is 0 Å². The van der Waals surface area contributed by atoms with Crippen LogP contribution >= 0.6 is 0 Å². The maximum absolute atomic E-state index is 5.43. The molecule has 2 aromatic carbocycles. The molecule has 0 unspecified atom stereocenters. The lowest BCUT2D eigenvalue weighted by Gasteiger charge is -2.39. The molecule has 6 heteroatoms. The van der Waals surface area contributed by atoms with Crippen molar-refractivity contribution >= 4 is 0 Å². The molecule has 4 aromatic rings. The van der Waals surface area contributed by atoms with Gasteiger partial charge in [0.15, 0.2) is 5.76 Å². The summed E-state index contributed by atoms with van der Waals surface area (Å²) >= 11 is 0. The quantitative estimate of drug-likeness (QED) is 0.483. The van der Waals surface area contributed by atoms with E-state index in [1.54, 1.807) is 6.26 Å². The van der Waals surface area contributed by atoms with Crippen molar-refractivity contribution in [1.82, 2.24) is 19.9 Å². The number of nitrogens with zero attached hydrogens (tertiary/aromatic N) is 4. The number of aromatic nitrogens is 2. The van der Waals surface area contributed by atoms with Crippen molar-refractivity contribution < 1.29 is 8.94 Å². The molecule has 0 aliphatic carbocycles. The average molecular weight is 400 g/mol. The van der Waals surface area contributed by atoms with Gasteiger partial charge in [-0.05, 0) is 23.3 Å². The fraction of sp³-hybridized carbons (Fsp3) is 0.250. The summed E-state index contributed by atoms with van der Waals surface area (Å²) in [5.74, 6) is 1.75. The summed E-state index contributed by atoms with van der Waals surface area (Å²) in [6, 6.07) is 25.4. The maximum Gasteiger partial charge on any atom is 0.241 e. The van der Waals surface area contributed by atoms with E-state index in [2.05, 4.69) is 80.6 Å². The Labute approximate surface area is 175 Å². The lowest BCUT2D eigenvalue weighted by molar-refractivity contribution is 0.0966. The molecule has 0 radical (unpaired) electrons.